The molecule has 0 saturated carbocycles. The van der Waals surface area contributed by atoms with E-state index in [1.807, 2.05) is 12.1 Å². The Labute approximate surface area is 113 Å². The zero-order valence-electron chi connectivity index (χ0n) is 11.5. The van der Waals surface area contributed by atoms with Crippen molar-refractivity contribution in [3.8, 4) is 0 Å². The minimum atomic E-state index is -0.314. The Bertz CT molecular complexity index is 364. The van der Waals surface area contributed by atoms with Crippen LogP contribution < -0.4 is 5.32 Å². The zero-order chi connectivity index (χ0) is 13.9. The van der Waals surface area contributed by atoms with Crippen LogP contribution in [0.1, 0.15) is 15.9 Å². The van der Waals surface area contributed by atoms with Gasteiger partial charge in [-0.2, -0.15) is 0 Å². The number of esters is 1. The summed E-state index contributed by atoms with van der Waals surface area (Å²) in [6, 6.07) is 7.34. The van der Waals surface area contributed by atoms with Gasteiger partial charge in [-0.05, 0) is 17.7 Å². The molecule has 0 aliphatic heterocycles. The predicted molar refractivity (Wildman–Crippen MR) is 72.2 cm³/mol. The van der Waals surface area contributed by atoms with E-state index in [1.165, 1.54) is 7.11 Å². The van der Waals surface area contributed by atoms with Gasteiger partial charge in [0.05, 0.1) is 32.5 Å². The lowest BCUT2D eigenvalue weighted by Gasteiger charge is -2.06. The summed E-state index contributed by atoms with van der Waals surface area (Å²) in [5.41, 5.74) is 1.68. The first-order chi connectivity index (χ1) is 9.27. The first-order valence-corrected chi connectivity index (χ1v) is 6.22. The molecule has 0 heterocycles. The Morgan fingerprint density at radius 3 is 2.47 bits per heavy atom. The minimum absolute atomic E-state index is 0.314. The smallest absolute Gasteiger partial charge is 0.337 e. The van der Waals surface area contributed by atoms with E-state index >= 15 is 0 Å². The number of methoxy groups -OCH3 is 2. The van der Waals surface area contributed by atoms with Gasteiger partial charge in [-0.15, -0.1) is 0 Å². The van der Waals surface area contributed by atoms with Crippen molar-refractivity contribution in [3.05, 3.63) is 35.4 Å². The molecular weight excluding hydrogens is 246 g/mol. The van der Waals surface area contributed by atoms with Crippen LogP contribution in [0.4, 0.5) is 0 Å². The molecule has 0 amide bonds. The van der Waals surface area contributed by atoms with Crippen LogP contribution in [0.5, 0.6) is 0 Å². The van der Waals surface area contributed by atoms with Crippen molar-refractivity contribution in [2.75, 3.05) is 40.6 Å². The maximum atomic E-state index is 11.2. The number of benzene rings is 1. The molecule has 0 aromatic heterocycles. The lowest BCUT2D eigenvalue weighted by molar-refractivity contribution is 0.0600. The molecule has 0 radical (unpaired) electrons. The lowest BCUT2D eigenvalue weighted by atomic mass is 10.1. The second-order valence-electron chi connectivity index (χ2n) is 3.97. The van der Waals surface area contributed by atoms with E-state index in [0.717, 1.165) is 18.7 Å². The summed E-state index contributed by atoms with van der Waals surface area (Å²) in [4.78, 5) is 11.2. The molecule has 0 bridgehead atoms. The Morgan fingerprint density at radius 1 is 1.11 bits per heavy atom. The average molecular weight is 267 g/mol. The molecule has 0 fully saturated rings. The molecule has 1 N–H and O–H groups in total. The SMILES string of the molecule is COCCOCCNCc1ccc(C(=O)OC)cc1. The fourth-order valence-corrected chi connectivity index (χ4v) is 1.50. The average Bonchev–Trinajstić information content (AvgIpc) is 2.46. The van der Waals surface area contributed by atoms with E-state index in [4.69, 9.17) is 9.47 Å². The molecule has 5 nitrogen and oxygen atoms in total. The van der Waals surface area contributed by atoms with E-state index in [0.29, 0.717) is 25.4 Å². The maximum Gasteiger partial charge on any atom is 0.337 e. The Kier molecular flexibility index (Phi) is 7.81. The van der Waals surface area contributed by atoms with E-state index in [1.54, 1.807) is 19.2 Å². The predicted octanol–water partition coefficient (Wildman–Crippen LogP) is 1.23. The summed E-state index contributed by atoms with van der Waals surface area (Å²) in [5.74, 6) is -0.314. The highest BCUT2D eigenvalue weighted by molar-refractivity contribution is 5.89. The van der Waals surface area contributed by atoms with Crippen LogP contribution in [-0.2, 0) is 20.8 Å². The monoisotopic (exact) mass is 267 g/mol. The first-order valence-electron chi connectivity index (χ1n) is 6.22. The fourth-order valence-electron chi connectivity index (χ4n) is 1.50. The Balaban J connectivity index is 2.18. The molecule has 5 heteroatoms. The van der Waals surface area contributed by atoms with Crippen molar-refractivity contribution in [1.82, 2.24) is 5.32 Å². The normalized spacial score (nSPS) is 10.4. The van der Waals surface area contributed by atoms with Gasteiger partial charge < -0.3 is 19.5 Å². The molecule has 0 aliphatic rings. The van der Waals surface area contributed by atoms with Crippen LogP contribution >= 0.6 is 0 Å². The van der Waals surface area contributed by atoms with Gasteiger partial charge in [-0.1, -0.05) is 12.1 Å². The zero-order valence-corrected chi connectivity index (χ0v) is 11.5. The second kappa shape index (κ2) is 9.49. The van der Waals surface area contributed by atoms with E-state index in [9.17, 15) is 4.79 Å². The van der Waals surface area contributed by atoms with Crippen LogP contribution in [0.3, 0.4) is 0 Å². The van der Waals surface area contributed by atoms with Crippen molar-refractivity contribution >= 4 is 5.97 Å². The van der Waals surface area contributed by atoms with Gasteiger partial charge in [-0.25, -0.2) is 4.79 Å². The fraction of sp³-hybridized carbons (Fsp3) is 0.500. The minimum Gasteiger partial charge on any atom is -0.465 e. The largest absolute Gasteiger partial charge is 0.465 e. The van der Waals surface area contributed by atoms with E-state index in [2.05, 4.69) is 10.1 Å². The number of ether oxygens (including phenoxy) is 3. The molecule has 1 rings (SSSR count). The van der Waals surface area contributed by atoms with Crippen molar-refractivity contribution in [1.29, 1.82) is 0 Å². The molecule has 0 atom stereocenters. The third-order valence-electron chi connectivity index (χ3n) is 2.56. The lowest BCUT2D eigenvalue weighted by Crippen LogP contribution is -2.20. The summed E-state index contributed by atoms with van der Waals surface area (Å²) in [6.07, 6.45) is 0. The molecule has 1 aromatic carbocycles. The second-order valence-corrected chi connectivity index (χ2v) is 3.97. The van der Waals surface area contributed by atoms with Gasteiger partial charge >= 0.3 is 5.97 Å². The Hall–Kier alpha value is -1.43. The topological polar surface area (TPSA) is 56.8 Å². The van der Waals surface area contributed by atoms with Crippen molar-refractivity contribution in [2.24, 2.45) is 0 Å². The summed E-state index contributed by atoms with van der Waals surface area (Å²) in [7, 11) is 3.03. The molecule has 0 unspecified atom stereocenters. The number of carbonyl (C=O) groups excluding carboxylic acids is 1. The first kappa shape index (κ1) is 15.6. The highest BCUT2D eigenvalue weighted by Crippen LogP contribution is 2.05. The molecule has 0 aliphatic carbocycles. The van der Waals surface area contributed by atoms with E-state index in [-0.39, 0.29) is 5.97 Å². The third kappa shape index (κ3) is 6.33. The van der Waals surface area contributed by atoms with Gasteiger partial charge in [0.2, 0.25) is 0 Å². The highest BCUT2D eigenvalue weighted by atomic mass is 16.5. The van der Waals surface area contributed by atoms with Crippen LogP contribution in [-0.4, -0.2) is 46.6 Å². The summed E-state index contributed by atoms with van der Waals surface area (Å²) < 4.78 is 14.8. The summed E-state index contributed by atoms with van der Waals surface area (Å²) in [6.45, 7) is 3.42. The molecule has 106 valence electrons. The van der Waals surface area contributed by atoms with Gasteiger partial charge in [0.15, 0.2) is 0 Å². The van der Waals surface area contributed by atoms with Crippen LogP contribution in [0.15, 0.2) is 24.3 Å². The molecule has 1 aromatic rings. The number of carbonyl (C=O) groups is 1. The van der Waals surface area contributed by atoms with Crippen molar-refractivity contribution < 1.29 is 19.0 Å². The maximum absolute atomic E-state index is 11.2. The Morgan fingerprint density at radius 2 is 1.84 bits per heavy atom. The molecule has 0 spiro atoms. The number of rotatable bonds is 9. The van der Waals surface area contributed by atoms with Crippen molar-refractivity contribution in [3.63, 3.8) is 0 Å². The summed E-state index contributed by atoms with van der Waals surface area (Å²) >= 11 is 0. The van der Waals surface area contributed by atoms with Crippen molar-refractivity contribution in [2.45, 2.75) is 6.54 Å². The highest BCUT2D eigenvalue weighted by Gasteiger charge is 2.03. The molecular formula is C14H21NO4. The quantitative estimate of drug-likeness (QED) is 0.538. The number of hydrogen-bond donors (Lipinski definition) is 1. The van der Waals surface area contributed by atoms with Crippen LogP contribution in [0, 0.1) is 0 Å². The molecule has 19 heavy (non-hydrogen) atoms. The van der Waals surface area contributed by atoms with Crippen LogP contribution in [0.25, 0.3) is 0 Å². The molecule has 0 saturated heterocycles. The third-order valence-corrected chi connectivity index (χ3v) is 2.56. The standard InChI is InChI=1S/C14H21NO4/c1-17-9-10-19-8-7-15-11-12-3-5-13(6-4-12)14(16)18-2/h3-6,15H,7-11H2,1-2H3. The number of hydrogen-bond acceptors (Lipinski definition) is 5. The van der Waals surface area contributed by atoms with E-state index < -0.39 is 0 Å². The van der Waals surface area contributed by atoms with Gasteiger partial charge in [0.1, 0.15) is 0 Å². The summed E-state index contributed by atoms with van der Waals surface area (Å²) in [5, 5.41) is 3.26. The van der Waals surface area contributed by atoms with Gasteiger partial charge in [0.25, 0.3) is 0 Å². The van der Waals surface area contributed by atoms with Gasteiger partial charge in [-0.3, -0.25) is 0 Å². The number of nitrogens with one attached hydrogen (secondary N) is 1. The van der Waals surface area contributed by atoms with Crippen LogP contribution in [0.2, 0.25) is 0 Å². The van der Waals surface area contributed by atoms with Gasteiger partial charge in [0, 0.05) is 20.2 Å².